The van der Waals surface area contributed by atoms with Gasteiger partial charge in [0.25, 0.3) is 0 Å². The van der Waals surface area contributed by atoms with Gasteiger partial charge in [-0.2, -0.15) is 0 Å². The van der Waals surface area contributed by atoms with E-state index in [0.29, 0.717) is 0 Å². The van der Waals surface area contributed by atoms with Crippen molar-refractivity contribution in [3.8, 4) is 0 Å². The van der Waals surface area contributed by atoms with E-state index >= 15 is 0 Å². The monoisotopic (exact) mass is 526 g/mol. The van der Waals surface area contributed by atoms with Crippen molar-refractivity contribution >= 4 is 23.9 Å². The Balaban J connectivity index is 2.54. The Kier molecular flexibility index (Phi) is 8.25. The van der Waals surface area contributed by atoms with Crippen LogP contribution in [0.3, 0.4) is 0 Å². The molecule has 2 heterocycles. The molecule has 2 aliphatic rings. The van der Waals surface area contributed by atoms with Gasteiger partial charge in [0, 0.05) is 0 Å². The number of esters is 4. The third-order valence-electron chi connectivity index (χ3n) is 5.53. The highest BCUT2D eigenvalue weighted by molar-refractivity contribution is 5.78. The molecule has 0 unspecified atom stereocenters. The summed E-state index contributed by atoms with van der Waals surface area (Å²) in [5, 5.41) is 7.94. The lowest BCUT2D eigenvalue weighted by molar-refractivity contribution is -0.271. The molecule has 0 aromatic rings. The van der Waals surface area contributed by atoms with Gasteiger partial charge in [0.05, 0.1) is 21.7 Å². The lowest BCUT2D eigenvalue weighted by Gasteiger charge is -2.44. The fourth-order valence-corrected chi connectivity index (χ4v) is 2.98. The van der Waals surface area contributed by atoms with E-state index in [2.05, 4.69) is 10.2 Å². The van der Waals surface area contributed by atoms with Gasteiger partial charge in [-0.1, -0.05) is 0 Å². The Morgan fingerprint density at radius 3 is 1.38 bits per heavy atom. The fraction of sp³-hybridized carbons (Fsp3) is 0.846. The van der Waals surface area contributed by atoms with E-state index in [-0.39, 0.29) is 6.61 Å². The maximum Gasteiger partial charge on any atom is 0.334 e. The van der Waals surface area contributed by atoms with Crippen LogP contribution in [0.2, 0.25) is 0 Å². The van der Waals surface area contributed by atoms with Crippen molar-refractivity contribution < 1.29 is 42.9 Å². The van der Waals surface area contributed by atoms with Gasteiger partial charge in [-0.05, 0) is 83.1 Å². The van der Waals surface area contributed by atoms with Gasteiger partial charge >= 0.3 is 29.7 Å². The molecule has 0 N–H and O–H groups in total. The molecular weight excluding hydrogens is 484 g/mol. The normalized spacial score (nSPS) is 25.3. The first-order valence-electron chi connectivity index (χ1n) is 12.4. The molecule has 210 valence electrons. The van der Waals surface area contributed by atoms with E-state index in [0.717, 1.165) is 0 Å². The van der Waals surface area contributed by atoms with Crippen molar-refractivity contribution in [1.29, 1.82) is 0 Å². The number of nitrogens with zero attached hydrogens (tertiary/aromatic N) is 2. The van der Waals surface area contributed by atoms with Crippen molar-refractivity contribution in [1.82, 2.24) is 0 Å². The number of hydrogen-bond donors (Lipinski definition) is 0. The minimum absolute atomic E-state index is 0.339. The van der Waals surface area contributed by atoms with Gasteiger partial charge < -0.3 is 23.7 Å². The van der Waals surface area contributed by atoms with E-state index in [1.165, 1.54) is 0 Å². The number of carbonyl (C=O) groups is 4. The van der Waals surface area contributed by atoms with Crippen molar-refractivity contribution in [2.45, 2.75) is 113 Å². The Labute approximate surface area is 219 Å². The van der Waals surface area contributed by atoms with Gasteiger partial charge in [-0.15, -0.1) is 10.2 Å². The highest BCUT2D eigenvalue weighted by Crippen LogP contribution is 2.46. The first kappa shape index (κ1) is 30.7. The molecular formula is C26H42N2O9. The highest BCUT2D eigenvalue weighted by Gasteiger charge is 2.67. The Bertz CT molecular complexity index is 939. The summed E-state index contributed by atoms with van der Waals surface area (Å²) >= 11 is 0. The second-order valence-electron chi connectivity index (χ2n) is 13.7. The van der Waals surface area contributed by atoms with E-state index < -0.39 is 75.8 Å². The average Bonchev–Trinajstić information content (AvgIpc) is 3.47. The van der Waals surface area contributed by atoms with Gasteiger partial charge in [-0.25, -0.2) is 0 Å². The maximum atomic E-state index is 13.0. The lowest BCUT2D eigenvalue weighted by atomic mass is 9.92. The number of carbonyl (C=O) groups excluding carboxylic acids is 4. The molecule has 1 fully saturated rings. The molecule has 0 radical (unpaired) electrons. The summed E-state index contributed by atoms with van der Waals surface area (Å²) in [6.07, 6.45) is -5.08. The van der Waals surface area contributed by atoms with Crippen LogP contribution in [-0.2, 0) is 42.9 Å². The van der Waals surface area contributed by atoms with Crippen molar-refractivity contribution in [3.05, 3.63) is 0 Å². The largest absolute Gasteiger partial charge is 0.462 e. The molecule has 0 bridgehead atoms. The molecule has 0 aromatic carbocycles. The molecule has 1 spiro atoms. The summed E-state index contributed by atoms with van der Waals surface area (Å²) in [6.45, 7) is 19.7. The van der Waals surface area contributed by atoms with Gasteiger partial charge in [0.1, 0.15) is 12.7 Å². The molecule has 4 atom stereocenters. The smallest absolute Gasteiger partial charge is 0.334 e. The minimum Gasteiger partial charge on any atom is -0.462 e. The number of ether oxygens (including phenoxy) is 5. The molecule has 0 aromatic heterocycles. The summed E-state index contributed by atoms with van der Waals surface area (Å²) in [4.78, 5) is 51.4. The van der Waals surface area contributed by atoms with Crippen molar-refractivity contribution in [2.24, 2.45) is 31.9 Å². The van der Waals surface area contributed by atoms with Crippen LogP contribution in [0, 0.1) is 21.7 Å². The third-order valence-corrected chi connectivity index (χ3v) is 5.53. The Hall–Kier alpha value is -2.56. The van der Waals surface area contributed by atoms with E-state index in [1.807, 2.05) is 0 Å². The second-order valence-corrected chi connectivity index (χ2v) is 13.7. The summed E-state index contributed by atoms with van der Waals surface area (Å²) in [5.74, 6) is -4.07. The first-order chi connectivity index (χ1) is 16.5. The Morgan fingerprint density at radius 1 is 0.622 bits per heavy atom. The topological polar surface area (TPSA) is 139 Å². The zero-order valence-corrected chi connectivity index (χ0v) is 24.1. The quantitative estimate of drug-likeness (QED) is 0.384. The SMILES string of the molecule is CC(C)(C)C(=O)OC[C@H]1OC2(N=N2)[C@H](OC(=O)C(C)(C)C)[C@@H](OC(=O)C(C)(C)C)[C@@H]1OC(=O)C(C)(C)C. The molecule has 2 rings (SSSR count). The molecule has 11 heteroatoms. The standard InChI is InChI=1S/C26H42N2O9/c1-22(2,3)18(29)33-13-14-15(34-19(30)23(4,5)6)16(35-20(31)24(7,8)9)17(26(37-14)27-28-26)36-21(32)25(10,11)12/h14-17H,13H2,1-12H3/t14-,15-,16+,17-/m1/s1. The van der Waals surface area contributed by atoms with Crippen LogP contribution in [0.4, 0.5) is 0 Å². The summed E-state index contributed by atoms with van der Waals surface area (Å²) < 4.78 is 28.9. The lowest BCUT2D eigenvalue weighted by Crippen LogP contribution is -2.65. The average molecular weight is 527 g/mol. The van der Waals surface area contributed by atoms with Crippen LogP contribution in [0.15, 0.2) is 10.2 Å². The molecule has 0 aliphatic carbocycles. The minimum atomic E-state index is -1.69. The zero-order valence-electron chi connectivity index (χ0n) is 24.1. The summed E-state index contributed by atoms with van der Waals surface area (Å²) in [7, 11) is 0. The third kappa shape index (κ3) is 7.49. The van der Waals surface area contributed by atoms with Crippen molar-refractivity contribution in [3.63, 3.8) is 0 Å². The number of hydrogen-bond acceptors (Lipinski definition) is 11. The van der Waals surface area contributed by atoms with E-state index in [1.54, 1.807) is 83.1 Å². The van der Waals surface area contributed by atoms with Crippen LogP contribution in [-0.4, -0.2) is 60.7 Å². The zero-order chi connectivity index (χ0) is 28.8. The highest BCUT2D eigenvalue weighted by atomic mass is 16.7. The molecule has 1 saturated heterocycles. The summed E-state index contributed by atoms with van der Waals surface area (Å²) in [6, 6.07) is 0. The van der Waals surface area contributed by atoms with Gasteiger partial charge in [-0.3, -0.25) is 19.2 Å². The predicted octanol–water partition coefficient (Wildman–Crippen LogP) is 3.97. The van der Waals surface area contributed by atoms with Crippen LogP contribution in [0.25, 0.3) is 0 Å². The van der Waals surface area contributed by atoms with Crippen LogP contribution < -0.4 is 0 Å². The van der Waals surface area contributed by atoms with Gasteiger partial charge in [0.2, 0.25) is 6.10 Å². The van der Waals surface area contributed by atoms with Crippen LogP contribution >= 0.6 is 0 Å². The van der Waals surface area contributed by atoms with Crippen LogP contribution in [0.5, 0.6) is 0 Å². The molecule has 11 nitrogen and oxygen atoms in total. The Morgan fingerprint density at radius 2 is 1.00 bits per heavy atom. The fourth-order valence-electron chi connectivity index (χ4n) is 2.98. The summed E-state index contributed by atoms with van der Waals surface area (Å²) in [5.41, 5.74) is -3.58. The number of rotatable bonds is 5. The molecule has 0 amide bonds. The first-order valence-corrected chi connectivity index (χ1v) is 12.4. The van der Waals surface area contributed by atoms with Gasteiger partial charge in [0.15, 0.2) is 12.2 Å². The second kappa shape index (κ2) is 9.96. The molecule has 2 aliphatic heterocycles. The van der Waals surface area contributed by atoms with Crippen LogP contribution in [0.1, 0.15) is 83.1 Å². The maximum absolute atomic E-state index is 13.0. The van der Waals surface area contributed by atoms with Crippen molar-refractivity contribution in [2.75, 3.05) is 6.61 Å². The van der Waals surface area contributed by atoms with E-state index in [4.69, 9.17) is 23.7 Å². The predicted molar refractivity (Wildman–Crippen MR) is 131 cm³/mol. The van der Waals surface area contributed by atoms with E-state index in [9.17, 15) is 19.2 Å². The molecule has 0 saturated carbocycles. The molecule has 37 heavy (non-hydrogen) atoms.